The Morgan fingerprint density at radius 3 is 2.78 bits per heavy atom. The van der Waals surface area contributed by atoms with Crippen LogP contribution in [-0.4, -0.2) is 12.5 Å². The van der Waals surface area contributed by atoms with Gasteiger partial charge in [0.2, 0.25) is 5.91 Å². The Balaban J connectivity index is 2.97. The van der Waals surface area contributed by atoms with Crippen molar-refractivity contribution < 1.29 is 4.79 Å². The zero-order valence-electron chi connectivity index (χ0n) is 5.94. The van der Waals surface area contributed by atoms with Crippen molar-refractivity contribution in [3.8, 4) is 0 Å². The highest BCUT2D eigenvalue weighted by molar-refractivity contribution is 5.76. The fourth-order valence-electron chi connectivity index (χ4n) is 0.493. The summed E-state index contributed by atoms with van der Waals surface area (Å²) in [5, 5.41) is 2.73. The molecule has 0 atom stereocenters. The van der Waals surface area contributed by atoms with Crippen molar-refractivity contribution in [2.75, 3.05) is 6.54 Å². The lowest BCUT2D eigenvalue weighted by molar-refractivity contribution is -0.120. The van der Waals surface area contributed by atoms with Gasteiger partial charge in [-0.05, 0) is 13.3 Å². The van der Waals surface area contributed by atoms with Gasteiger partial charge in [0.25, 0.3) is 0 Å². The average Bonchev–Trinajstić information content (AvgIpc) is 1.89. The Labute approximate surface area is 56.6 Å². The second kappa shape index (κ2) is 5.60. The number of amides is 1. The monoisotopic (exact) mass is 128 g/mol. The summed E-state index contributed by atoms with van der Waals surface area (Å²) in [5.41, 5.74) is 0. The Kier molecular flexibility index (Phi) is 5.27. The molecular formula is C7H14NO. The van der Waals surface area contributed by atoms with E-state index in [4.69, 9.17) is 0 Å². The molecule has 0 aromatic rings. The predicted molar refractivity (Wildman–Crippen MR) is 37.9 cm³/mol. The molecule has 0 aliphatic carbocycles. The minimum atomic E-state index is 0.0449. The third-order valence-electron chi connectivity index (χ3n) is 1.08. The lowest BCUT2D eigenvalue weighted by Crippen LogP contribution is -2.22. The van der Waals surface area contributed by atoms with Crippen LogP contribution in [0.1, 0.15) is 26.2 Å². The third-order valence-corrected chi connectivity index (χ3v) is 1.08. The van der Waals surface area contributed by atoms with Gasteiger partial charge in [0.15, 0.2) is 0 Å². The van der Waals surface area contributed by atoms with Crippen molar-refractivity contribution in [1.82, 2.24) is 5.32 Å². The van der Waals surface area contributed by atoms with Gasteiger partial charge in [-0.15, -0.1) is 0 Å². The lowest BCUT2D eigenvalue weighted by atomic mass is 10.3. The molecule has 1 radical (unpaired) electrons. The van der Waals surface area contributed by atoms with Crippen LogP contribution in [0.3, 0.4) is 0 Å². The smallest absolute Gasteiger partial charge is 0.219 e. The largest absolute Gasteiger partial charge is 0.356 e. The van der Waals surface area contributed by atoms with E-state index in [0.29, 0.717) is 6.42 Å². The molecule has 0 saturated carbocycles. The average molecular weight is 128 g/mol. The van der Waals surface area contributed by atoms with Crippen LogP contribution in [0.15, 0.2) is 0 Å². The summed E-state index contributed by atoms with van der Waals surface area (Å²) in [7, 11) is 0. The van der Waals surface area contributed by atoms with Crippen molar-refractivity contribution >= 4 is 5.91 Å². The molecule has 0 spiro atoms. The normalized spacial score (nSPS) is 9.11. The van der Waals surface area contributed by atoms with E-state index in [1.165, 1.54) is 0 Å². The number of hydrogen-bond acceptors (Lipinski definition) is 1. The highest BCUT2D eigenvalue weighted by atomic mass is 16.1. The first-order valence-electron chi connectivity index (χ1n) is 3.37. The first-order valence-corrected chi connectivity index (χ1v) is 3.37. The van der Waals surface area contributed by atoms with Crippen LogP contribution in [0, 0.1) is 6.92 Å². The highest BCUT2D eigenvalue weighted by Crippen LogP contribution is 1.82. The molecule has 0 aliphatic rings. The van der Waals surface area contributed by atoms with Crippen LogP contribution in [-0.2, 0) is 4.79 Å². The highest BCUT2D eigenvalue weighted by Gasteiger charge is 1.92. The molecule has 0 aromatic heterocycles. The number of carbonyl (C=O) groups excluding carboxylic acids is 1. The van der Waals surface area contributed by atoms with Crippen LogP contribution in [0.2, 0.25) is 0 Å². The molecule has 9 heavy (non-hydrogen) atoms. The lowest BCUT2D eigenvalue weighted by Gasteiger charge is -1.99. The molecule has 0 fully saturated rings. The van der Waals surface area contributed by atoms with Crippen molar-refractivity contribution in [3.63, 3.8) is 0 Å². The van der Waals surface area contributed by atoms with E-state index < -0.39 is 0 Å². The van der Waals surface area contributed by atoms with E-state index >= 15 is 0 Å². The number of carbonyl (C=O) groups is 1. The minimum absolute atomic E-state index is 0.0449. The molecule has 1 N–H and O–H groups in total. The Hall–Kier alpha value is -0.530. The molecule has 2 heteroatoms. The Bertz CT molecular complexity index is 81.0. The molecular weight excluding hydrogens is 114 g/mol. The molecule has 0 aromatic carbocycles. The standard InChI is InChI=1S/C7H14NO/c1-3-5-6-8-7(9)4-2/h2-6H2,1H3,(H,8,9). The molecule has 0 unspecified atom stereocenters. The fourth-order valence-corrected chi connectivity index (χ4v) is 0.493. The summed E-state index contributed by atoms with van der Waals surface area (Å²) in [4.78, 5) is 10.5. The Morgan fingerprint density at radius 1 is 1.67 bits per heavy atom. The van der Waals surface area contributed by atoms with Gasteiger partial charge in [0.1, 0.15) is 0 Å². The van der Waals surface area contributed by atoms with E-state index in [1.807, 2.05) is 0 Å². The maximum absolute atomic E-state index is 10.5. The summed E-state index contributed by atoms with van der Waals surface area (Å²) in [6.07, 6.45) is 2.53. The fraction of sp³-hybridized carbons (Fsp3) is 0.714. The van der Waals surface area contributed by atoms with E-state index in [1.54, 1.807) is 0 Å². The second-order valence-electron chi connectivity index (χ2n) is 1.95. The van der Waals surface area contributed by atoms with Gasteiger partial charge < -0.3 is 5.32 Å². The van der Waals surface area contributed by atoms with Gasteiger partial charge >= 0.3 is 0 Å². The van der Waals surface area contributed by atoms with Crippen LogP contribution < -0.4 is 5.32 Å². The van der Waals surface area contributed by atoms with E-state index in [0.717, 1.165) is 19.4 Å². The molecule has 0 bridgehead atoms. The van der Waals surface area contributed by atoms with Crippen LogP contribution in [0.4, 0.5) is 0 Å². The minimum Gasteiger partial charge on any atom is -0.356 e. The summed E-state index contributed by atoms with van der Waals surface area (Å²) < 4.78 is 0. The summed E-state index contributed by atoms with van der Waals surface area (Å²) in [6, 6.07) is 0. The Morgan fingerprint density at radius 2 is 2.33 bits per heavy atom. The number of rotatable bonds is 4. The second-order valence-corrected chi connectivity index (χ2v) is 1.95. The van der Waals surface area contributed by atoms with Crippen molar-refractivity contribution in [3.05, 3.63) is 6.92 Å². The summed E-state index contributed by atoms with van der Waals surface area (Å²) in [5.74, 6) is 0.0449. The maximum atomic E-state index is 10.5. The van der Waals surface area contributed by atoms with E-state index in [2.05, 4.69) is 19.2 Å². The third kappa shape index (κ3) is 5.34. The zero-order chi connectivity index (χ0) is 7.11. The van der Waals surface area contributed by atoms with Gasteiger partial charge in [-0.1, -0.05) is 13.3 Å². The van der Waals surface area contributed by atoms with Crippen LogP contribution >= 0.6 is 0 Å². The van der Waals surface area contributed by atoms with Crippen molar-refractivity contribution in [1.29, 1.82) is 0 Å². The number of nitrogens with one attached hydrogen (secondary N) is 1. The summed E-state index contributed by atoms with van der Waals surface area (Å²) >= 11 is 0. The van der Waals surface area contributed by atoms with E-state index in [-0.39, 0.29) is 5.91 Å². The first kappa shape index (κ1) is 8.47. The van der Waals surface area contributed by atoms with Gasteiger partial charge in [0.05, 0.1) is 0 Å². The molecule has 0 heterocycles. The number of unbranched alkanes of at least 4 members (excludes halogenated alkanes) is 1. The zero-order valence-corrected chi connectivity index (χ0v) is 5.94. The first-order chi connectivity index (χ1) is 4.31. The molecule has 0 rings (SSSR count). The van der Waals surface area contributed by atoms with Gasteiger partial charge in [-0.2, -0.15) is 0 Å². The molecule has 2 nitrogen and oxygen atoms in total. The van der Waals surface area contributed by atoms with Crippen LogP contribution in [0.25, 0.3) is 0 Å². The molecule has 53 valence electrons. The van der Waals surface area contributed by atoms with Crippen molar-refractivity contribution in [2.24, 2.45) is 0 Å². The predicted octanol–water partition coefficient (Wildman–Crippen LogP) is 1.13. The van der Waals surface area contributed by atoms with Gasteiger partial charge in [-0.25, -0.2) is 0 Å². The SMILES string of the molecule is [CH2]CC(=O)NCCCC. The maximum Gasteiger partial charge on any atom is 0.219 e. The molecule has 1 amide bonds. The quantitative estimate of drug-likeness (QED) is 0.565. The number of hydrogen-bond donors (Lipinski definition) is 1. The van der Waals surface area contributed by atoms with Crippen molar-refractivity contribution in [2.45, 2.75) is 26.2 Å². The van der Waals surface area contributed by atoms with Gasteiger partial charge in [0, 0.05) is 13.0 Å². The topological polar surface area (TPSA) is 29.1 Å². The van der Waals surface area contributed by atoms with Gasteiger partial charge in [-0.3, -0.25) is 4.79 Å². The molecule has 0 aliphatic heterocycles. The van der Waals surface area contributed by atoms with Crippen LogP contribution in [0.5, 0.6) is 0 Å². The summed E-state index contributed by atoms with van der Waals surface area (Å²) in [6.45, 7) is 6.34. The molecule has 0 saturated heterocycles. The van der Waals surface area contributed by atoms with E-state index in [9.17, 15) is 4.79 Å².